The van der Waals surface area contributed by atoms with Crippen molar-refractivity contribution in [3.63, 3.8) is 0 Å². The number of hydrogen-bond donors (Lipinski definition) is 2. The van der Waals surface area contributed by atoms with Gasteiger partial charge in [0, 0.05) is 12.2 Å². The Morgan fingerprint density at radius 1 is 1.33 bits per heavy atom. The topological polar surface area (TPSA) is 64.1 Å². The summed E-state index contributed by atoms with van der Waals surface area (Å²) in [6, 6.07) is 6.22. The van der Waals surface area contributed by atoms with Crippen LogP contribution in [0, 0.1) is 13.8 Å². The fourth-order valence-corrected chi connectivity index (χ4v) is 1.99. The molecule has 1 aromatic carbocycles. The summed E-state index contributed by atoms with van der Waals surface area (Å²) in [5.74, 6) is 0.664. The summed E-state index contributed by atoms with van der Waals surface area (Å²) in [6.45, 7) is 4.27. The van der Waals surface area contributed by atoms with Gasteiger partial charge >= 0.3 is 0 Å². The summed E-state index contributed by atoms with van der Waals surface area (Å²) in [5.41, 5.74) is 10.4. The van der Waals surface area contributed by atoms with E-state index in [0.29, 0.717) is 12.2 Å². The van der Waals surface area contributed by atoms with Crippen molar-refractivity contribution in [1.82, 2.24) is 9.78 Å². The molecule has 2 rings (SSSR count). The van der Waals surface area contributed by atoms with Gasteiger partial charge in [0.05, 0.1) is 11.9 Å². The van der Waals surface area contributed by atoms with Crippen molar-refractivity contribution >= 4 is 5.82 Å². The Morgan fingerprint density at radius 2 is 2.11 bits per heavy atom. The summed E-state index contributed by atoms with van der Waals surface area (Å²) in [5, 5.41) is 13.2. The van der Waals surface area contributed by atoms with Gasteiger partial charge in [-0.05, 0) is 43.9 Å². The third kappa shape index (κ3) is 2.38. The van der Waals surface area contributed by atoms with Crippen LogP contribution in [0.2, 0.25) is 0 Å². The monoisotopic (exact) mass is 245 g/mol. The lowest BCUT2D eigenvalue weighted by Gasteiger charge is -2.09. The number of rotatable bonds is 4. The molecule has 0 saturated carbocycles. The minimum atomic E-state index is 0.175. The molecule has 1 aromatic heterocycles. The Hall–Kier alpha value is -1.81. The molecule has 0 aliphatic rings. The van der Waals surface area contributed by atoms with Crippen LogP contribution in [0.3, 0.4) is 0 Å². The Bertz CT molecular complexity index is 546. The van der Waals surface area contributed by atoms with Gasteiger partial charge in [-0.25, -0.2) is 4.68 Å². The summed E-state index contributed by atoms with van der Waals surface area (Å²) in [6.07, 6.45) is 3.25. The number of nitrogens with zero attached hydrogens (tertiary/aromatic N) is 2. The molecule has 18 heavy (non-hydrogen) atoms. The molecule has 2 aromatic rings. The Balaban J connectivity index is 2.39. The number of aliphatic hydroxyl groups excluding tert-OH is 1. The first-order valence-electron chi connectivity index (χ1n) is 6.14. The molecule has 0 unspecified atom stereocenters. The van der Waals surface area contributed by atoms with Crippen LogP contribution in [-0.2, 0) is 6.42 Å². The zero-order valence-electron chi connectivity index (χ0n) is 10.8. The maximum absolute atomic E-state index is 8.85. The molecule has 0 atom stereocenters. The molecule has 0 amide bonds. The van der Waals surface area contributed by atoms with Gasteiger partial charge in [-0.1, -0.05) is 12.1 Å². The van der Waals surface area contributed by atoms with Crippen molar-refractivity contribution in [3.05, 3.63) is 41.1 Å². The maximum atomic E-state index is 8.85. The molecule has 0 aliphatic heterocycles. The van der Waals surface area contributed by atoms with Crippen LogP contribution in [0.4, 0.5) is 5.82 Å². The van der Waals surface area contributed by atoms with Crippen LogP contribution in [0.5, 0.6) is 0 Å². The molecule has 0 fully saturated rings. The first-order chi connectivity index (χ1) is 8.63. The second-order valence-corrected chi connectivity index (χ2v) is 4.58. The normalized spacial score (nSPS) is 10.8. The third-order valence-electron chi connectivity index (χ3n) is 3.08. The molecule has 1 heterocycles. The zero-order valence-corrected chi connectivity index (χ0v) is 10.8. The van der Waals surface area contributed by atoms with Gasteiger partial charge in [0.25, 0.3) is 0 Å². The van der Waals surface area contributed by atoms with Gasteiger partial charge in [0.2, 0.25) is 0 Å². The van der Waals surface area contributed by atoms with Crippen LogP contribution in [0.15, 0.2) is 24.4 Å². The Labute approximate surface area is 107 Å². The lowest BCUT2D eigenvalue weighted by Crippen LogP contribution is -2.05. The fourth-order valence-electron chi connectivity index (χ4n) is 1.99. The summed E-state index contributed by atoms with van der Waals surface area (Å²) >= 11 is 0. The number of benzene rings is 1. The number of anilines is 1. The minimum absolute atomic E-state index is 0.175. The van der Waals surface area contributed by atoms with E-state index in [1.54, 1.807) is 10.9 Å². The van der Waals surface area contributed by atoms with Gasteiger partial charge in [-0.3, -0.25) is 0 Å². The highest BCUT2D eigenvalue weighted by Crippen LogP contribution is 2.21. The zero-order chi connectivity index (χ0) is 13.1. The highest BCUT2D eigenvalue weighted by Gasteiger charge is 2.10. The van der Waals surface area contributed by atoms with Crippen molar-refractivity contribution < 1.29 is 5.11 Å². The van der Waals surface area contributed by atoms with Gasteiger partial charge in [-0.2, -0.15) is 5.10 Å². The summed E-state index contributed by atoms with van der Waals surface area (Å²) in [4.78, 5) is 0. The molecule has 0 aliphatic carbocycles. The Morgan fingerprint density at radius 3 is 2.83 bits per heavy atom. The van der Waals surface area contributed by atoms with Crippen molar-refractivity contribution in [2.24, 2.45) is 0 Å². The summed E-state index contributed by atoms with van der Waals surface area (Å²) in [7, 11) is 0. The molecular weight excluding hydrogens is 226 g/mol. The van der Waals surface area contributed by atoms with Crippen molar-refractivity contribution in [2.45, 2.75) is 26.7 Å². The van der Waals surface area contributed by atoms with Gasteiger partial charge in [0.15, 0.2) is 0 Å². The first-order valence-corrected chi connectivity index (χ1v) is 6.14. The van der Waals surface area contributed by atoms with E-state index < -0.39 is 0 Å². The molecule has 96 valence electrons. The molecule has 0 saturated heterocycles. The van der Waals surface area contributed by atoms with E-state index in [1.807, 2.05) is 6.92 Å². The molecule has 0 spiro atoms. The van der Waals surface area contributed by atoms with Crippen molar-refractivity contribution in [1.29, 1.82) is 0 Å². The van der Waals surface area contributed by atoms with E-state index in [-0.39, 0.29) is 6.61 Å². The molecule has 3 N–H and O–H groups in total. The molecule has 0 radical (unpaired) electrons. The molecule has 4 heteroatoms. The van der Waals surface area contributed by atoms with Crippen LogP contribution < -0.4 is 5.73 Å². The average molecular weight is 245 g/mol. The Kier molecular flexibility index (Phi) is 3.67. The van der Waals surface area contributed by atoms with Crippen molar-refractivity contribution in [2.75, 3.05) is 12.3 Å². The predicted octanol–water partition coefficient (Wildman–Crippen LogP) is 2.00. The second kappa shape index (κ2) is 5.23. The molecule has 0 bridgehead atoms. The van der Waals surface area contributed by atoms with Gasteiger partial charge in [0.1, 0.15) is 5.82 Å². The number of hydrogen-bond acceptors (Lipinski definition) is 3. The minimum Gasteiger partial charge on any atom is -0.396 e. The van der Waals surface area contributed by atoms with Crippen LogP contribution in [0.25, 0.3) is 5.69 Å². The van der Waals surface area contributed by atoms with Gasteiger partial charge in [-0.15, -0.1) is 0 Å². The summed E-state index contributed by atoms with van der Waals surface area (Å²) < 4.78 is 1.77. The van der Waals surface area contributed by atoms with Crippen LogP contribution in [0.1, 0.15) is 23.1 Å². The van der Waals surface area contributed by atoms with E-state index >= 15 is 0 Å². The quantitative estimate of drug-likeness (QED) is 0.866. The predicted molar refractivity (Wildman–Crippen MR) is 72.9 cm³/mol. The highest BCUT2D eigenvalue weighted by atomic mass is 16.2. The number of aryl methyl sites for hydroxylation is 3. The SMILES string of the molecule is Cc1ccc(C)c(-n2ncc(CCCO)c2N)c1. The van der Waals surface area contributed by atoms with E-state index in [0.717, 1.165) is 23.2 Å². The maximum Gasteiger partial charge on any atom is 0.130 e. The van der Waals surface area contributed by atoms with Crippen molar-refractivity contribution in [3.8, 4) is 5.69 Å². The molecule has 4 nitrogen and oxygen atoms in total. The van der Waals surface area contributed by atoms with E-state index in [4.69, 9.17) is 10.8 Å². The van der Waals surface area contributed by atoms with Crippen LogP contribution in [-0.4, -0.2) is 21.5 Å². The lowest BCUT2D eigenvalue weighted by molar-refractivity contribution is 0.288. The van der Waals surface area contributed by atoms with Crippen LogP contribution >= 0.6 is 0 Å². The number of aromatic nitrogens is 2. The molecular formula is C14H19N3O. The third-order valence-corrected chi connectivity index (χ3v) is 3.08. The van der Waals surface area contributed by atoms with E-state index in [2.05, 4.69) is 30.2 Å². The number of nitrogen functional groups attached to an aromatic ring is 1. The average Bonchev–Trinajstić information content (AvgIpc) is 2.71. The smallest absolute Gasteiger partial charge is 0.130 e. The number of nitrogens with two attached hydrogens (primary N) is 1. The van der Waals surface area contributed by atoms with Gasteiger partial charge < -0.3 is 10.8 Å². The second-order valence-electron chi connectivity index (χ2n) is 4.58. The fraction of sp³-hybridized carbons (Fsp3) is 0.357. The first kappa shape index (κ1) is 12.6. The largest absolute Gasteiger partial charge is 0.396 e. The van der Waals surface area contributed by atoms with E-state index in [9.17, 15) is 0 Å². The number of aliphatic hydroxyl groups is 1. The standard InChI is InChI=1S/C14H19N3O/c1-10-5-6-11(2)13(8-10)17-14(15)12(9-16-17)4-3-7-18/h5-6,8-9,18H,3-4,7,15H2,1-2H3. The lowest BCUT2D eigenvalue weighted by atomic mass is 10.1. The highest BCUT2D eigenvalue weighted by molar-refractivity contribution is 5.51. The van der Waals surface area contributed by atoms with E-state index in [1.165, 1.54) is 5.56 Å².